The van der Waals surface area contributed by atoms with Crippen LogP contribution in [-0.4, -0.2) is 12.1 Å². The summed E-state index contributed by atoms with van der Waals surface area (Å²) in [5, 5.41) is 3.68. The van der Waals surface area contributed by atoms with Crippen molar-refractivity contribution < 1.29 is 4.74 Å². The molecule has 0 heterocycles. The van der Waals surface area contributed by atoms with Crippen molar-refractivity contribution >= 4 is 15.9 Å². The molecule has 0 aliphatic heterocycles. The van der Waals surface area contributed by atoms with Crippen molar-refractivity contribution in [2.45, 2.75) is 64.6 Å². The van der Waals surface area contributed by atoms with E-state index in [4.69, 9.17) is 4.74 Å². The van der Waals surface area contributed by atoms with Crippen LogP contribution in [0, 0.1) is 0 Å². The molecule has 106 valence electrons. The Morgan fingerprint density at radius 1 is 1.26 bits per heavy atom. The molecule has 1 aliphatic carbocycles. The predicted molar refractivity (Wildman–Crippen MR) is 83.6 cm³/mol. The molecule has 1 N–H and O–H groups in total. The van der Waals surface area contributed by atoms with E-state index in [0.717, 1.165) is 16.8 Å². The molecule has 0 radical (unpaired) electrons. The lowest BCUT2D eigenvalue weighted by atomic mass is 9.95. The summed E-state index contributed by atoms with van der Waals surface area (Å²) in [6.07, 6.45) is 6.98. The number of benzene rings is 1. The smallest absolute Gasteiger partial charge is 0.124 e. The lowest BCUT2D eigenvalue weighted by Crippen LogP contribution is -2.30. The van der Waals surface area contributed by atoms with Crippen LogP contribution in [0.4, 0.5) is 0 Å². The molecule has 19 heavy (non-hydrogen) atoms. The van der Waals surface area contributed by atoms with E-state index < -0.39 is 0 Å². The minimum atomic E-state index is 0.217. The summed E-state index contributed by atoms with van der Waals surface area (Å²) in [5.74, 6) is 1.00. The maximum Gasteiger partial charge on any atom is 0.124 e. The van der Waals surface area contributed by atoms with Crippen LogP contribution in [-0.2, 0) is 6.54 Å². The summed E-state index contributed by atoms with van der Waals surface area (Å²) in [5.41, 5.74) is 1.24. The number of rotatable bonds is 5. The van der Waals surface area contributed by atoms with Gasteiger partial charge in [-0.05, 0) is 44.9 Å². The van der Waals surface area contributed by atoms with E-state index in [1.807, 2.05) is 6.07 Å². The van der Waals surface area contributed by atoms with Crippen LogP contribution in [0.5, 0.6) is 5.75 Å². The Hall–Kier alpha value is -0.540. The molecule has 1 saturated carbocycles. The molecule has 0 aromatic heterocycles. The minimum absolute atomic E-state index is 0.217. The van der Waals surface area contributed by atoms with Crippen molar-refractivity contribution in [1.29, 1.82) is 0 Å². The van der Waals surface area contributed by atoms with Gasteiger partial charge in [-0.15, -0.1) is 0 Å². The second-order valence-corrected chi connectivity index (χ2v) is 6.55. The highest BCUT2D eigenvalue weighted by molar-refractivity contribution is 9.10. The van der Waals surface area contributed by atoms with Crippen molar-refractivity contribution in [3.05, 3.63) is 28.2 Å². The molecule has 1 fully saturated rings. The van der Waals surface area contributed by atoms with Crippen molar-refractivity contribution in [1.82, 2.24) is 5.32 Å². The summed E-state index contributed by atoms with van der Waals surface area (Å²) in [4.78, 5) is 0. The first-order chi connectivity index (χ1) is 9.15. The molecule has 1 aromatic carbocycles. The summed E-state index contributed by atoms with van der Waals surface area (Å²) in [6, 6.07) is 6.94. The average Bonchev–Trinajstić information content (AvgIpc) is 2.40. The topological polar surface area (TPSA) is 21.3 Å². The minimum Gasteiger partial charge on any atom is -0.491 e. The Morgan fingerprint density at radius 2 is 2.00 bits per heavy atom. The third-order valence-electron chi connectivity index (χ3n) is 3.57. The third-order valence-corrected chi connectivity index (χ3v) is 4.06. The molecule has 0 unspecified atom stereocenters. The molecule has 0 saturated heterocycles. The summed E-state index contributed by atoms with van der Waals surface area (Å²) in [7, 11) is 0. The van der Waals surface area contributed by atoms with Gasteiger partial charge >= 0.3 is 0 Å². The number of hydrogen-bond acceptors (Lipinski definition) is 2. The van der Waals surface area contributed by atoms with E-state index in [1.165, 1.54) is 37.7 Å². The van der Waals surface area contributed by atoms with Crippen molar-refractivity contribution in [3.63, 3.8) is 0 Å². The molecule has 3 heteroatoms. The Kier molecular flexibility index (Phi) is 5.71. The molecular weight excluding hydrogens is 302 g/mol. The quantitative estimate of drug-likeness (QED) is 0.850. The van der Waals surface area contributed by atoms with E-state index >= 15 is 0 Å². The van der Waals surface area contributed by atoms with E-state index in [1.54, 1.807) is 0 Å². The van der Waals surface area contributed by atoms with Gasteiger partial charge in [0.25, 0.3) is 0 Å². The highest BCUT2D eigenvalue weighted by atomic mass is 79.9. The molecule has 1 aliphatic rings. The number of ether oxygens (including phenoxy) is 1. The Balaban J connectivity index is 1.98. The highest BCUT2D eigenvalue weighted by Gasteiger charge is 2.14. The van der Waals surface area contributed by atoms with Gasteiger partial charge in [-0.2, -0.15) is 0 Å². The molecule has 0 atom stereocenters. The van der Waals surface area contributed by atoms with Crippen molar-refractivity contribution in [3.8, 4) is 5.75 Å². The van der Waals surface area contributed by atoms with Crippen LogP contribution in [0.25, 0.3) is 0 Å². The Labute approximate surface area is 125 Å². The molecule has 1 aromatic rings. The molecule has 0 spiro atoms. The van der Waals surface area contributed by atoms with Gasteiger partial charge in [0.2, 0.25) is 0 Å². The SMILES string of the molecule is CC(C)Oc1ccc(Br)cc1CNC1CCCCC1. The first kappa shape index (κ1) is 14.9. The average molecular weight is 326 g/mol. The van der Waals surface area contributed by atoms with Crippen molar-refractivity contribution in [2.75, 3.05) is 0 Å². The van der Waals surface area contributed by atoms with E-state index in [-0.39, 0.29) is 6.10 Å². The van der Waals surface area contributed by atoms with Gasteiger partial charge in [-0.3, -0.25) is 0 Å². The second-order valence-electron chi connectivity index (χ2n) is 5.63. The first-order valence-electron chi connectivity index (χ1n) is 7.33. The fourth-order valence-corrected chi connectivity index (χ4v) is 3.02. The largest absolute Gasteiger partial charge is 0.491 e. The fourth-order valence-electron chi connectivity index (χ4n) is 2.62. The first-order valence-corrected chi connectivity index (χ1v) is 8.13. The summed E-state index contributed by atoms with van der Waals surface area (Å²) in [6.45, 7) is 5.03. The van der Waals surface area contributed by atoms with E-state index in [9.17, 15) is 0 Å². The summed E-state index contributed by atoms with van der Waals surface area (Å²) < 4.78 is 6.99. The van der Waals surface area contributed by atoms with Crippen LogP contribution in [0.15, 0.2) is 22.7 Å². The number of hydrogen-bond donors (Lipinski definition) is 1. The van der Waals surface area contributed by atoms with Crippen LogP contribution < -0.4 is 10.1 Å². The standard InChI is InChI=1S/C16H24BrNO/c1-12(2)19-16-9-8-14(17)10-13(16)11-18-15-6-4-3-5-7-15/h8-10,12,15,18H,3-7,11H2,1-2H3. The van der Waals surface area contributed by atoms with E-state index in [2.05, 4.69) is 47.2 Å². The van der Waals surface area contributed by atoms with E-state index in [0.29, 0.717) is 6.04 Å². The van der Waals surface area contributed by atoms with Gasteiger partial charge in [0.1, 0.15) is 5.75 Å². The normalized spacial score (nSPS) is 16.8. The highest BCUT2D eigenvalue weighted by Crippen LogP contribution is 2.25. The van der Waals surface area contributed by atoms with Crippen molar-refractivity contribution in [2.24, 2.45) is 0 Å². The van der Waals surface area contributed by atoms with Gasteiger partial charge in [0.15, 0.2) is 0 Å². The van der Waals surface area contributed by atoms with Gasteiger partial charge in [-0.25, -0.2) is 0 Å². The van der Waals surface area contributed by atoms with Gasteiger partial charge in [0, 0.05) is 22.6 Å². The monoisotopic (exact) mass is 325 g/mol. The molecule has 2 rings (SSSR count). The van der Waals surface area contributed by atoms with Crippen LogP contribution in [0.1, 0.15) is 51.5 Å². The zero-order valence-corrected chi connectivity index (χ0v) is 13.5. The lowest BCUT2D eigenvalue weighted by Gasteiger charge is -2.23. The van der Waals surface area contributed by atoms with Gasteiger partial charge < -0.3 is 10.1 Å². The van der Waals surface area contributed by atoms with Crippen LogP contribution in [0.3, 0.4) is 0 Å². The van der Waals surface area contributed by atoms with Gasteiger partial charge in [0.05, 0.1) is 6.10 Å². The number of nitrogens with one attached hydrogen (secondary N) is 1. The number of halogens is 1. The lowest BCUT2D eigenvalue weighted by molar-refractivity contribution is 0.238. The fraction of sp³-hybridized carbons (Fsp3) is 0.625. The Morgan fingerprint density at radius 3 is 2.68 bits per heavy atom. The zero-order valence-electron chi connectivity index (χ0n) is 11.9. The van der Waals surface area contributed by atoms with Crippen LogP contribution in [0.2, 0.25) is 0 Å². The van der Waals surface area contributed by atoms with Gasteiger partial charge in [-0.1, -0.05) is 35.2 Å². The third kappa shape index (κ3) is 4.81. The second kappa shape index (κ2) is 7.30. The zero-order chi connectivity index (χ0) is 13.7. The van der Waals surface area contributed by atoms with Crippen LogP contribution >= 0.6 is 15.9 Å². The maximum atomic E-state index is 5.88. The molecule has 0 amide bonds. The molecule has 2 nitrogen and oxygen atoms in total. The predicted octanol–water partition coefficient (Wildman–Crippen LogP) is 4.66. The Bertz CT molecular complexity index is 400. The molecule has 0 bridgehead atoms. The maximum absolute atomic E-state index is 5.88. The summed E-state index contributed by atoms with van der Waals surface area (Å²) >= 11 is 3.55. The molecular formula is C16H24BrNO.